The van der Waals surface area contributed by atoms with Gasteiger partial charge in [0.2, 0.25) is 5.91 Å². The van der Waals surface area contributed by atoms with Crippen molar-refractivity contribution in [3.05, 3.63) is 83.4 Å². The summed E-state index contributed by atoms with van der Waals surface area (Å²) < 4.78 is 16.1. The average Bonchev–Trinajstić information content (AvgIpc) is 3.25. The van der Waals surface area contributed by atoms with Crippen molar-refractivity contribution >= 4 is 34.9 Å². The second-order valence-corrected chi connectivity index (χ2v) is 8.15. The number of ether oxygens (including phenoxy) is 3. The van der Waals surface area contributed by atoms with E-state index >= 15 is 0 Å². The molecule has 1 saturated heterocycles. The Morgan fingerprint density at radius 1 is 0.912 bits per heavy atom. The van der Waals surface area contributed by atoms with Gasteiger partial charge in [-0.25, -0.2) is 0 Å². The normalized spacial score (nSPS) is 15.2. The highest BCUT2D eigenvalue weighted by molar-refractivity contribution is 6.30. The van der Waals surface area contributed by atoms with E-state index in [1.54, 1.807) is 79.9 Å². The van der Waals surface area contributed by atoms with Crippen LogP contribution < -0.4 is 14.4 Å². The molecule has 3 aromatic rings. The number of amides is 1. The van der Waals surface area contributed by atoms with Gasteiger partial charge < -0.3 is 19.1 Å². The zero-order valence-electron chi connectivity index (χ0n) is 18.4. The first-order valence-corrected chi connectivity index (χ1v) is 11.0. The third-order valence-electron chi connectivity index (χ3n) is 5.41. The summed E-state index contributed by atoms with van der Waals surface area (Å²) in [5, 5.41) is 0.512. The molecular weight excluding hydrogens is 458 g/mol. The predicted octanol–water partition coefficient (Wildman–Crippen LogP) is 4.92. The number of carbonyl (C=O) groups is 3. The van der Waals surface area contributed by atoms with Crippen molar-refractivity contribution in [2.24, 2.45) is 5.92 Å². The van der Waals surface area contributed by atoms with Crippen molar-refractivity contribution < 1.29 is 28.6 Å². The van der Waals surface area contributed by atoms with Gasteiger partial charge in [-0.2, -0.15) is 0 Å². The zero-order chi connectivity index (χ0) is 24.1. The van der Waals surface area contributed by atoms with Crippen LogP contribution >= 0.6 is 11.6 Å². The third kappa shape index (κ3) is 5.55. The Hall–Kier alpha value is -3.84. The van der Waals surface area contributed by atoms with E-state index in [-0.39, 0.29) is 31.3 Å². The Bertz CT molecular complexity index is 1180. The molecule has 0 N–H and O–H groups in total. The molecule has 0 aromatic heterocycles. The number of carbonyl (C=O) groups excluding carboxylic acids is 3. The molecule has 0 bridgehead atoms. The van der Waals surface area contributed by atoms with Crippen molar-refractivity contribution in [1.82, 2.24) is 0 Å². The Labute approximate surface area is 201 Å². The molecule has 174 valence electrons. The summed E-state index contributed by atoms with van der Waals surface area (Å²) in [6, 6.07) is 20.5. The number of halogens is 1. The quantitative estimate of drug-likeness (QED) is 0.337. The van der Waals surface area contributed by atoms with Gasteiger partial charge in [0, 0.05) is 29.2 Å². The van der Waals surface area contributed by atoms with Crippen LogP contribution in [0, 0.1) is 5.92 Å². The molecule has 1 fully saturated rings. The molecule has 0 saturated carbocycles. The molecule has 1 heterocycles. The lowest BCUT2D eigenvalue weighted by molar-refractivity contribution is -0.147. The smallest absolute Gasteiger partial charge is 0.311 e. The minimum atomic E-state index is -0.638. The molecule has 1 amide bonds. The molecule has 0 radical (unpaired) electrons. The van der Waals surface area contributed by atoms with Crippen LogP contribution in [0.2, 0.25) is 5.02 Å². The van der Waals surface area contributed by atoms with Gasteiger partial charge in [-0.3, -0.25) is 14.4 Å². The van der Waals surface area contributed by atoms with Crippen molar-refractivity contribution in [2.75, 3.05) is 25.2 Å². The summed E-state index contributed by atoms with van der Waals surface area (Å²) in [6.45, 7) is -0.200. The molecule has 1 aliphatic heterocycles. The Kier molecular flexibility index (Phi) is 7.13. The van der Waals surface area contributed by atoms with Crippen LogP contribution in [0.5, 0.6) is 17.2 Å². The van der Waals surface area contributed by atoms with Crippen LogP contribution in [0.15, 0.2) is 72.8 Å². The fraction of sp³-hybridized carbons (Fsp3) is 0.192. The second kappa shape index (κ2) is 10.4. The number of benzene rings is 3. The molecule has 7 nitrogen and oxygen atoms in total. The Morgan fingerprint density at radius 2 is 1.50 bits per heavy atom. The fourth-order valence-corrected chi connectivity index (χ4v) is 3.69. The van der Waals surface area contributed by atoms with Crippen molar-refractivity contribution in [3.8, 4) is 17.2 Å². The molecule has 8 heteroatoms. The van der Waals surface area contributed by atoms with E-state index in [0.717, 1.165) is 5.75 Å². The van der Waals surface area contributed by atoms with Gasteiger partial charge in [0.1, 0.15) is 17.2 Å². The van der Waals surface area contributed by atoms with Gasteiger partial charge in [-0.1, -0.05) is 11.6 Å². The number of nitrogens with zero attached hydrogens (tertiary/aromatic N) is 1. The lowest BCUT2D eigenvalue weighted by Crippen LogP contribution is -2.27. The summed E-state index contributed by atoms with van der Waals surface area (Å²) in [5.41, 5.74) is 1.05. The highest BCUT2D eigenvalue weighted by atomic mass is 35.5. The predicted molar refractivity (Wildman–Crippen MR) is 127 cm³/mol. The summed E-state index contributed by atoms with van der Waals surface area (Å²) in [7, 11) is 1.60. The largest absolute Gasteiger partial charge is 0.497 e. The zero-order valence-corrected chi connectivity index (χ0v) is 19.2. The first-order valence-electron chi connectivity index (χ1n) is 10.6. The van der Waals surface area contributed by atoms with E-state index in [1.807, 2.05) is 0 Å². The average molecular weight is 480 g/mol. The second-order valence-electron chi connectivity index (χ2n) is 7.71. The maximum atomic E-state index is 12.5. The molecule has 0 spiro atoms. The monoisotopic (exact) mass is 479 g/mol. The van der Waals surface area contributed by atoms with Crippen molar-refractivity contribution in [1.29, 1.82) is 0 Å². The Balaban J connectivity index is 1.32. The van der Waals surface area contributed by atoms with Crippen LogP contribution in [0.25, 0.3) is 0 Å². The van der Waals surface area contributed by atoms with E-state index in [9.17, 15) is 14.4 Å². The first kappa shape index (κ1) is 23.3. The highest BCUT2D eigenvalue weighted by Crippen LogP contribution is 2.29. The number of Topliss-reactive ketones (excluding diaryl/α,β-unsaturated/α-hetero) is 1. The summed E-state index contributed by atoms with van der Waals surface area (Å²) >= 11 is 5.82. The van der Waals surface area contributed by atoms with Crippen molar-refractivity contribution in [2.45, 2.75) is 6.42 Å². The molecule has 1 atom stereocenters. The van der Waals surface area contributed by atoms with Crippen LogP contribution in [-0.2, 0) is 14.3 Å². The number of hydrogen-bond donors (Lipinski definition) is 0. The SMILES string of the molecule is COc1ccc(Oc2ccc(N3C[C@H](C(=O)OCC(=O)c4ccc(Cl)cc4)CC3=O)cc2)cc1. The first-order chi connectivity index (χ1) is 16.4. The minimum Gasteiger partial charge on any atom is -0.497 e. The third-order valence-corrected chi connectivity index (χ3v) is 5.67. The van der Waals surface area contributed by atoms with Gasteiger partial charge in [-0.15, -0.1) is 0 Å². The molecule has 34 heavy (non-hydrogen) atoms. The molecule has 1 aliphatic rings. The van der Waals surface area contributed by atoms with Crippen molar-refractivity contribution in [3.63, 3.8) is 0 Å². The topological polar surface area (TPSA) is 82.1 Å². The minimum absolute atomic E-state index is 0.0259. The lowest BCUT2D eigenvalue weighted by atomic mass is 10.1. The number of esters is 1. The van der Waals surface area contributed by atoms with E-state index in [2.05, 4.69) is 0 Å². The van der Waals surface area contributed by atoms with Crippen LogP contribution in [0.3, 0.4) is 0 Å². The molecule has 0 aliphatic carbocycles. The van der Waals surface area contributed by atoms with Gasteiger partial charge in [-0.05, 0) is 72.8 Å². The van der Waals surface area contributed by atoms with Crippen LogP contribution in [0.4, 0.5) is 5.69 Å². The van der Waals surface area contributed by atoms with Crippen LogP contribution in [-0.4, -0.2) is 37.9 Å². The van der Waals surface area contributed by atoms with Gasteiger partial charge in [0.05, 0.1) is 13.0 Å². The standard InChI is InChI=1S/C26H22ClNO6/c1-32-21-10-12-23(13-11-21)34-22-8-6-20(7-9-22)28-15-18(14-25(28)30)26(31)33-16-24(29)17-2-4-19(27)5-3-17/h2-13,18H,14-16H2,1H3/t18-/m1/s1. The van der Waals surface area contributed by atoms with Gasteiger partial charge in [0.25, 0.3) is 0 Å². The van der Waals surface area contributed by atoms with E-state index < -0.39 is 11.9 Å². The van der Waals surface area contributed by atoms with E-state index in [1.165, 1.54) is 4.90 Å². The van der Waals surface area contributed by atoms with E-state index in [4.69, 9.17) is 25.8 Å². The maximum absolute atomic E-state index is 12.5. The van der Waals surface area contributed by atoms with Gasteiger partial charge >= 0.3 is 5.97 Å². The summed E-state index contributed by atoms with van der Waals surface area (Å²) in [6.07, 6.45) is 0.0259. The molecule has 3 aromatic carbocycles. The summed E-state index contributed by atoms with van der Waals surface area (Å²) in [5.74, 6) is 0.267. The number of methoxy groups -OCH3 is 1. The molecule has 0 unspecified atom stereocenters. The molecular formula is C26H22ClNO6. The van der Waals surface area contributed by atoms with Gasteiger partial charge in [0.15, 0.2) is 12.4 Å². The maximum Gasteiger partial charge on any atom is 0.311 e. The number of ketones is 1. The molecule has 4 rings (SSSR count). The summed E-state index contributed by atoms with van der Waals surface area (Å²) in [4.78, 5) is 38.7. The fourth-order valence-electron chi connectivity index (χ4n) is 3.56. The number of hydrogen-bond acceptors (Lipinski definition) is 6. The number of anilines is 1. The lowest BCUT2D eigenvalue weighted by Gasteiger charge is -2.17. The number of rotatable bonds is 8. The Morgan fingerprint density at radius 3 is 2.12 bits per heavy atom. The van der Waals surface area contributed by atoms with Crippen LogP contribution in [0.1, 0.15) is 16.8 Å². The van der Waals surface area contributed by atoms with E-state index in [0.29, 0.717) is 27.8 Å². The highest BCUT2D eigenvalue weighted by Gasteiger charge is 2.36.